The molecule has 0 saturated carbocycles. The minimum Gasteiger partial charge on any atom is -0.479 e. The van der Waals surface area contributed by atoms with Crippen LogP contribution in [0.5, 0.6) is 0 Å². The number of carbonyl (C=O) groups is 1. The van der Waals surface area contributed by atoms with Crippen molar-refractivity contribution in [1.29, 1.82) is 0 Å². The van der Waals surface area contributed by atoms with Crippen molar-refractivity contribution in [2.75, 3.05) is 5.32 Å². The van der Waals surface area contributed by atoms with Crippen molar-refractivity contribution in [3.8, 4) is 0 Å². The highest BCUT2D eigenvalue weighted by atomic mass is 79.9. The van der Waals surface area contributed by atoms with Crippen molar-refractivity contribution in [3.63, 3.8) is 0 Å². The van der Waals surface area contributed by atoms with Crippen molar-refractivity contribution in [2.24, 2.45) is 0 Å². The summed E-state index contributed by atoms with van der Waals surface area (Å²) in [6.07, 6.45) is 0. The highest BCUT2D eigenvalue weighted by molar-refractivity contribution is 9.10. The number of aliphatic carboxylic acids is 1. The van der Waals surface area contributed by atoms with Crippen molar-refractivity contribution < 1.29 is 9.90 Å². The molecule has 0 radical (unpaired) electrons. The topological polar surface area (TPSA) is 49.3 Å². The summed E-state index contributed by atoms with van der Waals surface area (Å²) in [5, 5.41) is 13.1. The maximum Gasteiger partial charge on any atom is 0.333 e. The maximum absolute atomic E-state index is 11.7. The van der Waals surface area contributed by atoms with Crippen molar-refractivity contribution in [3.05, 3.63) is 63.6 Å². The second-order valence-corrected chi connectivity index (χ2v) is 5.93. The van der Waals surface area contributed by atoms with Gasteiger partial charge in [0.15, 0.2) is 5.54 Å². The van der Waals surface area contributed by atoms with Crippen LogP contribution in [0.4, 0.5) is 5.69 Å². The van der Waals surface area contributed by atoms with E-state index in [1.807, 2.05) is 24.3 Å². The quantitative estimate of drug-likeness (QED) is 0.849. The van der Waals surface area contributed by atoms with E-state index in [0.717, 1.165) is 4.47 Å². The summed E-state index contributed by atoms with van der Waals surface area (Å²) in [6, 6.07) is 14.2. The average Bonchev–Trinajstić information content (AvgIpc) is 2.38. The number of hydrogen-bond acceptors (Lipinski definition) is 2. The molecule has 2 aromatic carbocycles. The predicted octanol–water partition coefficient (Wildman–Crippen LogP) is 4.51. The van der Waals surface area contributed by atoms with Gasteiger partial charge in [-0.1, -0.05) is 45.7 Å². The van der Waals surface area contributed by atoms with Gasteiger partial charge in [-0.3, -0.25) is 0 Å². The Balaban J connectivity index is 2.42. The first kappa shape index (κ1) is 14.9. The molecule has 0 heterocycles. The van der Waals surface area contributed by atoms with E-state index in [2.05, 4.69) is 21.2 Å². The summed E-state index contributed by atoms with van der Waals surface area (Å²) in [5.74, 6) is -0.972. The Morgan fingerprint density at radius 1 is 1.25 bits per heavy atom. The molecule has 0 bridgehead atoms. The molecule has 0 aliphatic carbocycles. The number of carboxylic acids is 1. The SMILES string of the molecule is CC(Nc1cccc(Br)c1)(C(=O)O)c1cccc(Cl)c1. The predicted molar refractivity (Wildman–Crippen MR) is 84.2 cm³/mol. The fourth-order valence-electron chi connectivity index (χ4n) is 1.90. The second-order valence-electron chi connectivity index (χ2n) is 4.58. The van der Waals surface area contributed by atoms with E-state index >= 15 is 0 Å². The van der Waals surface area contributed by atoms with Gasteiger partial charge in [0.25, 0.3) is 0 Å². The van der Waals surface area contributed by atoms with Gasteiger partial charge in [0.2, 0.25) is 0 Å². The van der Waals surface area contributed by atoms with E-state index in [9.17, 15) is 9.90 Å². The first-order valence-electron chi connectivity index (χ1n) is 5.95. The minimum absolute atomic E-state index is 0.506. The molecule has 0 aromatic heterocycles. The Morgan fingerprint density at radius 2 is 1.95 bits per heavy atom. The summed E-state index contributed by atoms with van der Waals surface area (Å²) in [6.45, 7) is 1.61. The Morgan fingerprint density at radius 3 is 2.55 bits per heavy atom. The van der Waals surface area contributed by atoms with Gasteiger partial charge >= 0.3 is 5.97 Å². The van der Waals surface area contributed by atoms with E-state index in [1.54, 1.807) is 31.2 Å². The third-order valence-corrected chi connectivity index (χ3v) is 3.78. The zero-order chi connectivity index (χ0) is 14.8. The molecule has 3 nitrogen and oxygen atoms in total. The lowest BCUT2D eigenvalue weighted by molar-refractivity contribution is -0.142. The lowest BCUT2D eigenvalue weighted by Gasteiger charge is -2.28. The molecule has 104 valence electrons. The van der Waals surface area contributed by atoms with Crippen LogP contribution in [-0.4, -0.2) is 11.1 Å². The van der Waals surface area contributed by atoms with Crippen LogP contribution in [0, 0.1) is 0 Å². The molecule has 1 atom stereocenters. The van der Waals surface area contributed by atoms with Crippen molar-refractivity contribution in [1.82, 2.24) is 0 Å². The van der Waals surface area contributed by atoms with E-state index in [0.29, 0.717) is 16.3 Å². The normalized spacial score (nSPS) is 13.6. The van der Waals surface area contributed by atoms with E-state index < -0.39 is 11.5 Å². The molecule has 5 heteroatoms. The van der Waals surface area contributed by atoms with Crippen LogP contribution in [0.15, 0.2) is 53.0 Å². The Kier molecular flexibility index (Phi) is 4.35. The molecule has 0 amide bonds. The summed E-state index contributed by atoms with van der Waals surface area (Å²) in [5.41, 5.74) is 0.0489. The fourth-order valence-corrected chi connectivity index (χ4v) is 2.49. The molecule has 2 rings (SSSR count). The zero-order valence-electron chi connectivity index (χ0n) is 10.7. The molecule has 2 aromatic rings. The molecule has 20 heavy (non-hydrogen) atoms. The first-order valence-corrected chi connectivity index (χ1v) is 7.12. The maximum atomic E-state index is 11.7. The summed E-state index contributed by atoms with van der Waals surface area (Å²) in [4.78, 5) is 11.7. The van der Waals surface area contributed by atoms with Crippen LogP contribution in [-0.2, 0) is 10.3 Å². The number of halogens is 2. The van der Waals surface area contributed by atoms with Crippen LogP contribution >= 0.6 is 27.5 Å². The van der Waals surface area contributed by atoms with E-state index in [-0.39, 0.29) is 0 Å². The van der Waals surface area contributed by atoms with Crippen LogP contribution in [0.1, 0.15) is 12.5 Å². The van der Waals surface area contributed by atoms with E-state index in [1.165, 1.54) is 0 Å². The van der Waals surface area contributed by atoms with Crippen LogP contribution in [0.3, 0.4) is 0 Å². The number of hydrogen-bond donors (Lipinski definition) is 2. The lowest BCUT2D eigenvalue weighted by atomic mass is 9.91. The number of rotatable bonds is 4. The van der Waals surface area contributed by atoms with Gasteiger partial charge < -0.3 is 10.4 Å². The van der Waals surface area contributed by atoms with Crippen LogP contribution in [0.2, 0.25) is 5.02 Å². The highest BCUT2D eigenvalue weighted by Crippen LogP contribution is 2.29. The summed E-state index contributed by atoms with van der Waals surface area (Å²) >= 11 is 9.32. The molecular formula is C15H13BrClNO2. The van der Waals surface area contributed by atoms with Gasteiger partial charge in [0.05, 0.1) is 0 Å². The van der Waals surface area contributed by atoms with Gasteiger partial charge in [-0.05, 0) is 42.8 Å². The zero-order valence-corrected chi connectivity index (χ0v) is 13.1. The monoisotopic (exact) mass is 353 g/mol. The van der Waals surface area contributed by atoms with Crippen LogP contribution in [0.25, 0.3) is 0 Å². The largest absolute Gasteiger partial charge is 0.479 e. The smallest absolute Gasteiger partial charge is 0.333 e. The number of anilines is 1. The van der Waals surface area contributed by atoms with Gasteiger partial charge in [0, 0.05) is 15.2 Å². The summed E-state index contributed by atoms with van der Waals surface area (Å²) < 4.78 is 0.876. The first-order chi connectivity index (χ1) is 9.41. The molecule has 0 fully saturated rings. The number of carboxylic acid groups (broad SMARTS) is 1. The van der Waals surface area contributed by atoms with Crippen molar-refractivity contribution in [2.45, 2.75) is 12.5 Å². The number of benzene rings is 2. The second kappa shape index (κ2) is 5.85. The van der Waals surface area contributed by atoms with Crippen molar-refractivity contribution >= 4 is 39.2 Å². The third-order valence-electron chi connectivity index (χ3n) is 3.05. The third kappa shape index (κ3) is 3.14. The number of nitrogens with one attached hydrogen (secondary N) is 1. The Bertz CT molecular complexity index is 647. The van der Waals surface area contributed by atoms with Gasteiger partial charge in [-0.15, -0.1) is 0 Å². The van der Waals surface area contributed by atoms with Crippen LogP contribution < -0.4 is 5.32 Å². The standard InChI is InChI=1S/C15H13BrClNO2/c1-15(14(19)20,10-4-2-6-12(17)8-10)18-13-7-3-5-11(16)9-13/h2-9,18H,1H3,(H,19,20). The Hall–Kier alpha value is -1.52. The molecular weight excluding hydrogens is 342 g/mol. The van der Waals surface area contributed by atoms with Gasteiger partial charge in [-0.2, -0.15) is 0 Å². The highest BCUT2D eigenvalue weighted by Gasteiger charge is 2.35. The van der Waals surface area contributed by atoms with Gasteiger partial charge in [-0.25, -0.2) is 4.79 Å². The van der Waals surface area contributed by atoms with E-state index in [4.69, 9.17) is 11.6 Å². The molecule has 0 spiro atoms. The molecule has 0 aliphatic rings. The molecule has 2 N–H and O–H groups in total. The Labute approximate surface area is 130 Å². The average molecular weight is 355 g/mol. The summed E-state index contributed by atoms with van der Waals surface area (Å²) in [7, 11) is 0. The van der Waals surface area contributed by atoms with Gasteiger partial charge in [0.1, 0.15) is 0 Å². The minimum atomic E-state index is -1.26. The molecule has 0 aliphatic heterocycles. The molecule has 1 unspecified atom stereocenters. The lowest BCUT2D eigenvalue weighted by Crippen LogP contribution is -2.40. The fraction of sp³-hybridized carbons (Fsp3) is 0.133. The molecule has 0 saturated heterocycles.